The Hall–Kier alpha value is -1.66. The van der Waals surface area contributed by atoms with Crippen molar-refractivity contribution in [3.05, 3.63) is 24.3 Å². The van der Waals surface area contributed by atoms with Crippen LogP contribution in [0.15, 0.2) is 24.3 Å². The summed E-state index contributed by atoms with van der Waals surface area (Å²) >= 11 is 0. The van der Waals surface area contributed by atoms with E-state index in [1.165, 1.54) is 205 Å². The molecule has 61 heavy (non-hydrogen) atoms. The summed E-state index contributed by atoms with van der Waals surface area (Å²) in [5.41, 5.74) is 0. The molecule has 360 valence electrons. The first-order chi connectivity index (χ1) is 30.0. The van der Waals surface area contributed by atoms with Crippen molar-refractivity contribution in [2.75, 3.05) is 13.2 Å². The molecule has 0 radical (unpaired) electrons. The van der Waals surface area contributed by atoms with Gasteiger partial charge < -0.3 is 20.3 Å². The average molecular weight is 860 g/mol. The molecule has 0 aromatic rings. The molecule has 0 rings (SSSR count). The number of unbranched alkanes of at least 4 members (excludes halogenated alkanes) is 37. The van der Waals surface area contributed by atoms with Gasteiger partial charge in [-0.05, 0) is 57.8 Å². The fourth-order valence-electron chi connectivity index (χ4n) is 8.27. The first-order valence-electron chi connectivity index (χ1n) is 27.1. The van der Waals surface area contributed by atoms with Crippen molar-refractivity contribution < 1.29 is 24.5 Å². The van der Waals surface area contributed by atoms with E-state index in [-0.39, 0.29) is 18.5 Å². The minimum atomic E-state index is -0.851. The summed E-state index contributed by atoms with van der Waals surface area (Å²) in [5, 5.41) is 23.0. The van der Waals surface area contributed by atoms with Crippen LogP contribution in [0.25, 0.3) is 0 Å². The third-order valence-electron chi connectivity index (χ3n) is 12.5. The first-order valence-corrected chi connectivity index (χ1v) is 27.1. The molecule has 1 amide bonds. The van der Waals surface area contributed by atoms with Crippen molar-refractivity contribution in [1.29, 1.82) is 0 Å². The zero-order valence-corrected chi connectivity index (χ0v) is 40.9. The van der Waals surface area contributed by atoms with Crippen molar-refractivity contribution in [1.82, 2.24) is 5.32 Å². The fraction of sp³-hybridized carbons (Fsp3) is 0.891. The number of ether oxygens (including phenoxy) is 1. The molecule has 3 N–H and O–H groups in total. The number of esters is 1. The largest absolute Gasteiger partial charge is 0.466 e. The van der Waals surface area contributed by atoms with Crippen LogP contribution in [0.5, 0.6) is 0 Å². The second-order valence-corrected chi connectivity index (χ2v) is 18.6. The third kappa shape index (κ3) is 47.7. The van der Waals surface area contributed by atoms with Crippen LogP contribution in [-0.2, 0) is 14.3 Å². The molecule has 0 bridgehead atoms. The number of amides is 1. The molecule has 0 aromatic heterocycles. The maximum Gasteiger partial charge on any atom is 0.305 e. The number of hydrogen-bond acceptors (Lipinski definition) is 5. The second-order valence-electron chi connectivity index (χ2n) is 18.6. The standard InChI is InChI=1S/C55H105NO5/c1-3-5-7-9-11-13-15-17-25-29-33-37-41-45-49-55(60)61-50-46-42-38-34-30-26-22-20-18-19-21-24-28-32-36-40-44-48-54(59)56-52(51-57)53(58)47-43-39-35-31-27-23-16-14-12-10-8-6-4-2/h18,20,43,47,52-53,57-58H,3-17,19,21-42,44-46,48-51H2,1-2H3,(H,56,59)/b20-18-,47-43+. The third-order valence-corrected chi connectivity index (χ3v) is 12.5. The highest BCUT2D eigenvalue weighted by atomic mass is 16.5. The molecule has 0 spiro atoms. The molecule has 6 heteroatoms. The molecule has 6 nitrogen and oxygen atoms in total. The molecule has 0 heterocycles. The summed E-state index contributed by atoms with van der Waals surface area (Å²) in [4.78, 5) is 24.4. The van der Waals surface area contributed by atoms with Crippen molar-refractivity contribution >= 4 is 11.9 Å². The van der Waals surface area contributed by atoms with Crippen molar-refractivity contribution in [3.63, 3.8) is 0 Å². The molecule has 0 saturated carbocycles. The molecule has 0 aliphatic carbocycles. The Bertz CT molecular complexity index is 951. The summed E-state index contributed by atoms with van der Waals surface area (Å²) in [6.07, 6.45) is 60.4. The monoisotopic (exact) mass is 860 g/mol. The van der Waals surface area contributed by atoms with E-state index in [4.69, 9.17) is 4.74 Å². The quantitative estimate of drug-likeness (QED) is 0.0322. The Kier molecular flexibility index (Phi) is 49.6. The van der Waals surface area contributed by atoms with E-state index in [2.05, 4.69) is 31.3 Å². The molecule has 0 aromatic carbocycles. The predicted octanol–water partition coefficient (Wildman–Crippen LogP) is 16.3. The average Bonchev–Trinajstić information content (AvgIpc) is 3.26. The maximum absolute atomic E-state index is 12.4. The summed E-state index contributed by atoms with van der Waals surface area (Å²) < 4.78 is 5.46. The van der Waals surface area contributed by atoms with Crippen LogP contribution in [0.3, 0.4) is 0 Å². The van der Waals surface area contributed by atoms with Crippen LogP contribution in [0, 0.1) is 0 Å². The minimum Gasteiger partial charge on any atom is -0.466 e. The van der Waals surface area contributed by atoms with Crippen molar-refractivity contribution in [2.45, 2.75) is 302 Å². The van der Waals surface area contributed by atoms with Crippen LogP contribution in [0.4, 0.5) is 0 Å². The zero-order valence-electron chi connectivity index (χ0n) is 40.9. The zero-order chi connectivity index (χ0) is 44.4. The Labute approximate surface area is 380 Å². The summed E-state index contributed by atoms with van der Waals surface area (Å²) in [7, 11) is 0. The van der Waals surface area contributed by atoms with Gasteiger partial charge in [0.1, 0.15) is 0 Å². The van der Waals surface area contributed by atoms with Crippen LogP contribution in [0.1, 0.15) is 290 Å². The summed E-state index contributed by atoms with van der Waals surface area (Å²) in [6.45, 7) is 4.88. The highest BCUT2D eigenvalue weighted by molar-refractivity contribution is 5.76. The van der Waals surface area contributed by atoms with Gasteiger partial charge in [-0.2, -0.15) is 0 Å². The Balaban J connectivity index is 3.47. The number of aliphatic hydroxyl groups is 2. The van der Waals surface area contributed by atoms with Gasteiger partial charge in [-0.1, -0.05) is 244 Å². The lowest BCUT2D eigenvalue weighted by molar-refractivity contribution is -0.143. The number of allylic oxidation sites excluding steroid dienone is 3. The van der Waals surface area contributed by atoms with E-state index in [0.29, 0.717) is 19.4 Å². The minimum absolute atomic E-state index is 0.000712. The van der Waals surface area contributed by atoms with E-state index in [9.17, 15) is 19.8 Å². The van der Waals surface area contributed by atoms with E-state index in [0.717, 1.165) is 57.8 Å². The Morgan fingerprint density at radius 1 is 0.443 bits per heavy atom. The Morgan fingerprint density at radius 2 is 0.770 bits per heavy atom. The molecule has 0 aliphatic rings. The topological polar surface area (TPSA) is 95.9 Å². The normalized spacial score (nSPS) is 12.8. The Morgan fingerprint density at radius 3 is 1.16 bits per heavy atom. The predicted molar refractivity (Wildman–Crippen MR) is 264 cm³/mol. The van der Waals surface area contributed by atoms with Crippen molar-refractivity contribution in [3.8, 4) is 0 Å². The van der Waals surface area contributed by atoms with Gasteiger partial charge in [0.25, 0.3) is 0 Å². The van der Waals surface area contributed by atoms with Gasteiger partial charge in [0.05, 0.1) is 25.4 Å². The number of aliphatic hydroxyl groups excluding tert-OH is 2. The van der Waals surface area contributed by atoms with Gasteiger partial charge in [-0.3, -0.25) is 9.59 Å². The van der Waals surface area contributed by atoms with Gasteiger partial charge in [0.2, 0.25) is 5.91 Å². The fourth-order valence-corrected chi connectivity index (χ4v) is 8.27. The molecule has 0 aliphatic heterocycles. The van der Waals surface area contributed by atoms with Gasteiger partial charge in [0.15, 0.2) is 0 Å². The van der Waals surface area contributed by atoms with Crippen LogP contribution >= 0.6 is 0 Å². The molecule has 0 fully saturated rings. The van der Waals surface area contributed by atoms with E-state index in [1.807, 2.05) is 6.08 Å². The van der Waals surface area contributed by atoms with E-state index < -0.39 is 12.1 Å². The lowest BCUT2D eigenvalue weighted by atomic mass is 10.0. The van der Waals surface area contributed by atoms with Crippen LogP contribution in [0.2, 0.25) is 0 Å². The molecule has 2 atom stereocenters. The van der Waals surface area contributed by atoms with Gasteiger partial charge in [0, 0.05) is 12.8 Å². The SMILES string of the molecule is CCCCCCCCCCCCC/C=C/C(O)C(CO)NC(=O)CCCCCCCCC/C=C\CCCCCCCCOC(=O)CCCCCCCCCCCCCCCC. The molecular formula is C55H105NO5. The van der Waals surface area contributed by atoms with Crippen molar-refractivity contribution in [2.24, 2.45) is 0 Å². The number of nitrogens with one attached hydrogen (secondary N) is 1. The molecule has 0 saturated heterocycles. The van der Waals surface area contributed by atoms with Gasteiger partial charge in [-0.15, -0.1) is 0 Å². The smallest absolute Gasteiger partial charge is 0.305 e. The van der Waals surface area contributed by atoms with E-state index in [1.54, 1.807) is 6.08 Å². The van der Waals surface area contributed by atoms with Gasteiger partial charge >= 0.3 is 5.97 Å². The summed E-state index contributed by atoms with van der Waals surface area (Å²) in [5.74, 6) is -0.0808. The lowest BCUT2D eigenvalue weighted by Crippen LogP contribution is -2.45. The number of carbonyl (C=O) groups is 2. The van der Waals surface area contributed by atoms with Crippen LogP contribution in [-0.4, -0.2) is 47.4 Å². The first kappa shape index (κ1) is 59.3. The second kappa shape index (κ2) is 51.0. The number of hydrogen-bond donors (Lipinski definition) is 3. The van der Waals surface area contributed by atoms with E-state index >= 15 is 0 Å². The molecular weight excluding hydrogens is 755 g/mol. The highest BCUT2D eigenvalue weighted by Crippen LogP contribution is 2.16. The number of rotatable bonds is 50. The lowest BCUT2D eigenvalue weighted by Gasteiger charge is -2.20. The van der Waals surface area contributed by atoms with Crippen LogP contribution < -0.4 is 5.32 Å². The van der Waals surface area contributed by atoms with Gasteiger partial charge in [-0.25, -0.2) is 0 Å². The molecule has 2 unspecified atom stereocenters. The maximum atomic E-state index is 12.4. The highest BCUT2D eigenvalue weighted by Gasteiger charge is 2.18. The summed E-state index contributed by atoms with van der Waals surface area (Å²) in [6, 6.07) is -0.635. The number of carbonyl (C=O) groups excluding carboxylic acids is 2.